The van der Waals surface area contributed by atoms with Gasteiger partial charge >= 0.3 is 0 Å². The molecule has 3 aromatic carbocycles. The van der Waals surface area contributed by atoms with Gasteiger partial charge in [0.2, 0.25) is 11.8 Å². The van der Waals surface area contributed by atoms with Crippen LogP contribution in [0.15, 0.2) is 54.6 Å². The number of fused-ring (bicyclic) bond motifs is 2. The quantitative estimate of drug-likeness (QED) is 0.614. The Morgan fingerprint density at radius 3 is 2.71 bits per heavy atom. The number of hydrogen-bond donors (Lipinski definition) is 2. The lowest BCUT2D eigenvalue weighted by molar-refractivity contribution is -0.125. The van der Waals surface area contributed by atoms with E-state index in [0.717, 1.165) is 16.3 Å². The van der Waals surface area contributed by atoms with Crippen molar-refractivity contribution >= 4 is 22.6 Å². The Bertz CT molecular complexity index is 1110. The zero-order valence-corrected chi connectivity index (χ0v) is 16.9. The zero-order chi connectivity index (χ0) is 21.6. The van der Waals surface area contributed by atoms with Crippen molar-refractivity contribution in [1.82, 2.24) is 10.6 Å². The molecule has 0 radical (unpaired) electrons. The molecule has 0 saturated heterocycles. The van der Waals surface area contributed by atoms with Gasteiger partial charge in [0, 0.05) is 12.1 Å². The first-order valence-electron chi connectivity index (χ1n) is 10.1. The molecule has 1 aliphatic heterocycles. The van der Waals surface area contributed by atoms with Gasteiger partial charge in [-0.05, 0) is 40.5 Å². The van der Waals surface area contributed by atoms with E-state index in [1.807, 2.05) is 42.5 Å². The molecule has 0 aliphatic carbocycles. The second-order valence-electron chi connectivity index (χ2n) is 7.36. The number of ether oxygens (including phenoxy) is 2. The van der Waals surface area contributed by atoms with Gasteiger partial charge in [-0.15, -0.1) is 0 Å². The summed E-state index contributed by atoms with van der Waals surface area (Å²) >= 11 is 0. The van der Waals surface area contributed by atoms with E-state index < -0.39 is 0 Å². The third-order valence-electron chi connectivity index (χ3n) is 5.15. The van der Waals surface area contributed by atoms with Gasteiger partial charge in [0.05, 0.1) is 19.6 Å². The van der Waals surface area contributed by atoms with E-state index in [1.54, 1.807) is 0 Å². The van der Waals surface area contributed by atoms with Crippen LogP contribution in [0, 0.1) is 5.82 Å². The van der Waals surface area contributed by atoms with Crippen LogP contribution in [0.1, 0.15) is 16.7 Å². The summed E-state index contributed by atoms with van der Waals surface area (Å²) in [7, 11) is 0. The third kappa shape index (κ3) is 5.19. The summed E-state index contributed by atoms with van der Waals surface area (Å²) in [5, 5.41) is 7.49. The second-order valence-corrected chi connectivity index (χ2v) is 7.36. The number of carbonyl (C=O) groups is 2. The number of nitrogens with one attached hydrogen (secondary N) is 2. The number of carbonyl (C=O) groups excluding carboxylic acids is 2. The average Bonchev–Trinajstić information content (AvgIpc) is 2.78. The number of halogens is 1. The van der Waals surface area contributed by atoms with Crippen LogP contribution >= 0.6 is 0 Å². The standard InChI is InChI=1S/C24H23FN2O4/c25-20-10-18(24-19(11-20)14-30-15-31-24)8-9-26-23(29)13-27-22(28)12-17-6-3-5-16-4-1-2-7-21(16)17/h1-7,10-11H,8-9,12-15H2,(H,26,29)(H,27,28). The van der Waals surface area contributed by atoms with Gasteiger partial charge in [0.25, 0.3) is 0 Å². The Kier molecular flexibility index (Phi) is 6.43. The highest BCUT2D eigenvalue weighted by Gasteiger charge is 2.17. The Labute approximate surface area is 179 Å². The molecule has 0 atom stereocenters. The fourth-order valence-corrected chi connectivity index (χ4v) is 3.70. The van der Waals surface area contributed by atoms with Crippen LogP contribution in [0.5, 0.6) is 5.75 Å². The first-order chi connectivity index (χ1) is 15.1. The molecule has 0 bridgehead atoms. The summed E-state index contributed by atoms with van der Waals surface area (Å²) in [5.41, 5.74) is 2.25. The van der Waals surface area contributed by atoms with E-state index in [9.17, 15) is 14.0 Å². The third-order valence-corrected chi connectivity index (χ3v) is 5.15. The number of benzene rings is 3. The second kappa shape index (κ2) is 9.57. The summed E-state index contributed by atoms with van der Waals surface area (Å²) in [6.07, 6.45) is 0.610. The normalized spacial score (nSPS) is 12.7. The predicted molar refractivity (Wildman–Crippen MR) is 114 cm³/mol. The fourth-order valence-electron chi connectivity index (χ4n) is 3.70. The SMILES string of the molecule is O=C(CNC(=O)Cc1cccc2ccccc12)NCCc1cc(F)cc2c1OCOC2. The molecule has 0 unspecified atom stereocenters. The van der Waals surface area contributed by atoms with Crippen molar-refractivity contribution in [3.63, 3.8) is 0 Å². The molecule has 0 spiro atoms. The Morgan fingerprint density at radius 1 is 0.968 bits per heavy atom. The fraction of sp³-hybridized carbons (Fsp3) is 0.250. The minimum atomic E-state index is -0.366. The maximum atomic E-state index is 13.8. The summed E-state index contributed by atoms with van der Waals surface area (Å²) in [5.74, 6) is -0.278. The lowest BCUT2D eigenvalue weighted by atomic mass is 10.0. The van der Waals surface area contributed by atoms with E-state index in [-0.39, 0.29) is 37.4 Å². The topological polar surface area (TPSA) is 76.7 Å². The molecule has 1 heterocycles. The van der Waals surface area contributed by atoms with Crippen LogP contribution in [0.25, 0.3) is 10.8 Å². The molecule has 0 saturated carbocycles. The lowest BCUT2D eigenvalue weighted by Gasteiger charge is -2.21. The molecule has 160 valence electrons. The number of amides is 2. The molecule has 6 nitrogen and oxygen atoms in total. The van der Waals surface area contributed by atoms with E-state index in [0.29, 0.717) is 36.4 Å². The molecular formula is C24H23FN2O4. The van der Waals surface area contributed by atoms with Crippen LogP contribution in [0.3, 0.4) is 0 Å². The van der Waals surface area contributed by atoms with Gasteiger partial charge < -0.3 is 20.1 Å². The molecule has 4 rings (SSSR count). The highest BCUT2D eigenvalue weighted by Crippen LogP contribution is 2.29. The molecule has 0 fully saturated rings. The van der Waals surface area contributed by atoms with E-state index >= 15 is 0 Å². The van der Waals surface area contributed by atoms with Crippen molar-refractivity contribution < 1.29 is 23.5 Å². The Balaban J connectivity index is 1.25. The lowest BCUT2D eigenvalue weighted by Crippen LogP contribution is -2.38. The first kappa shape index (κ1) is 20.8. The monoisotopic (exact) mass is 422 g/mol. The largest absolute Gasteiger partial charge is 0.467 e. The molecule has 2 N–H and O–H groups in total. The van der Waals surface area contributed by atoms with Crippen molar-refractivity contribution in [1.29, 1.82) is 0 Å². The minimum absolute atomic E-state index is 0.116. The van der Waals surface area contributed by atoms with E-state index in [4.69, 9.17) is 9.47 Å². The summed E-state index contributed by atoms with van der Waals surface area (Å²) in [6, 6.07) is 16.5. The van der Waals surface area contributed by atoms with Crippen LogP contribution in [0.2, 0.25) is 0 Å². The van der Waals surface area contributed by atoms with Crippen LogP contribution < -0.4 is 15.4 Å². The summed E-state index contributed by atoms with van der Waals surface area (Å²) in [6.45, 7) is 0.614. The minimum Gasteiger partial charge on any atom is -0.467 e. The van der Waals surface area contributed by atoms with E-state index in [1.165, 1.54) is 12.1 Å². The predicted octanol–water partition coefficient (Wildman–Crippen LogP) is 2.86. The summed E-state index contributed by atoms with van der Waals surface area (Å²) < 4.78 is 24.4. The maximum absolute atomic E-state index is 13.8. The molecule has 3 aromatic rings. The smallest absolute Gasteiger partial charge is 0.239 e. The van der Waals surface area contributed by atoms with Gasteiger partial charge in [-0.2, -0.15) is 0 Å². The van der Waals surface area contributed by atoms with Crippen molar-refractivity contribution in [2.75, 3.05) is 19.9 Å². The van der Waals surface area contributed by atoms with Gasteiger partial charge in [-0.1, -0.05) is 42.5 Å². The van der Waals surface area contributed by atoms with Gasteiger partial charge in [0.1, 0.15) is 11.6 Å². The van der Waals surface area contributed by atoms with Crippen LogP contribution in [-0.4, -0.2) is 31.7 Å². The van der Waals surface area contributed by atoms with Crippen molar-refractivity contribution in [2.45, 2.75) is 19.4 Å². The zero-order valence-electron chi connectivity index (χ0n) is 16.9. The molecule has 7 heteroatoms. The Hall–Kier alpha value is -3.45. The maximum Gasteiger partial charge on any atom is 0.239 e. The molecule has 0 aromatic heterocycles. The molecule has 31 heavy (non-hydrogen) atoms. The van der Waals surface area contributed by atoms with Crippen molar-refractivity contribution in [3.8, 4) is 5.75 Å². The summed E-state index contributed by atoms with van der Waals surface area (Å²) in [4.78, 5) is 24.4. The van der Waals surface area contributed by atoms with E-state index in [2.05, 4.69) is 10.6 Å². The van der Waals surface area contributed by atoms with Crippen LogP contribution in [0.4, 0.5) is 4.39 Å². The number of rotatable bonds is 7. The van der Waals surface area contributed by atoms with Gasteiger partial charge in [0.15, 0.2) is 6.79 Å². The van der Waals surface area contributed by atoms with Crippen molar-refractivity contribution in [3.05, 3.63) is 77.1 Å². The highest BCUT2D eigenvalue weighted by atomic mass is 19.1. The first-order valence-corrected chi connectivity index (χ1v) is 10.1. The molecule has 2 amide bonds. The highest BCUT2D eigenvalue weighted by molar-refractivity contribution is 5.91. The van der Waals surface area contributed by atoms with Crippen molar-refractivity contribution in [2.24, 2.45) is 0 Å². The van der Waals surface area contributed by atoms with Gasteiger partial charge in [-0.3, -0.25) is 9.59 Å². The number of hydrogen-bond acceptors (Lipinski definition) is 4. The average molecular weight is 422 g/mol. The molecule has 1 aliphatic rings. The van der Waals surface area contributed by atoms with Crippen LogP contribution in [-0.2, 0) is 33.8 Å². The Morgan fingerprint density at radius 2 is 1.81 bits per heavy atom. The molecular weight excluding hydrogens is 399 g/mol. The van der Waals surface area contributed by atoms with Gasteiger partial charge in [-0.25, -0.2) is 4.39 Å².